The van der Waals surface area contributed by atoms with Gasteiger partial charge in [-0.1, -0.05) is 43.5 Å². The van der Waals surface area contributed by atoms with Crippen molar-refractivity contribution in [2.75, 3.05) is 13.1 Å². The molecule has 1 aromatic rings. The first-order valence-electron chi connectivity index (χ1n) is 9.72. The Morgan fingerprint density at radius 3 is 2.50 bits per heavy atom. The molecule has 0 spiro atoms. The Labute approximate surface area is 146 Å². The quantitative estimate of drug-likeness (QED) is 0.892. The molecule has 1 heterocycles. The average Bonchev–Trinajstić information content (AvgIpc) is 2.63. The fourth-order valence-electron chi connectivity index (χ4n) is 4.82. The van der Waals surface area contributed by atoms with E-state index >= 15 is 0 Å². The molecule has 3 nitrogen and oxygen atoms in total. The van der Waals surface area contributed by atoms with Gasteiger partial charge in [-0.25, -0.2) is 0 Å². The van der Waals surface area contributed by atoms with Gasteiger partial charge in [0, 0.05) is 6.54 Å². The lowest BCUT2D eigenvalue weighted by Crippen LogP contribution is -2.49. The monoisotopic (exact) mass is 328 g/mol. The maximum atomic E-state index is 12.3. The normalized spacial score (nSPS) is 22.4. The second-order valence-corrected chi connectivity index (χ2v) is 7.71. The minimum atomic E-state index is 0.168. The molecule has 2 fully saturated rings. The van der Waals surface area contributed by atoms with E-state index in [0.29, 0.717) is 24.2 Å². The largest absolute Gasteiger partial charge is 0.326 e. The third kappa shape index (κ3) is 4.07. The van der Waals surface area contributed by atoms with Crippen molar-refractivity contribution < 1.29 is 4.79 Å². The van der Waals surface area contributed by atoms with Crippen LogP contribution in [0.4, 0.5) is 0 Å². The number of rotatable bonds is 5. The van der Waals surface area contributed by atoms with Crippen molar-refractivity contribution in [2.45, 2.75) is 70.4 Å². The molecule has 132 valence electrons. The topological polar surface area (TPSA) is 46.3 Å². The Hall–Kier alpha value is -1.19. The maximum Gasteiger partial charge on any atom is 0.147 e. The van der Waals surface area contributed by atoms with Crippen LogP contribution in [0.25, 0.3) is 0 Å². The van der Waals surface area contributed by atoms with E-state index in [1.165, 1.54) is 43.2 Å². The fraction of sp³-hybridized carbons (Fsp3) is 0.667. The van der Waals surface area contributed by atoms with Crippen molar-refractivity contribution in [1.29, 1.82) is 0 Å². The van der Waals surface area contributed by atoms with Gasteiger partial charge in [0.1, 0.15) is 5.78 Å². The molecule has 1 saturated carbocycles. The first-order chi connectivity index (χ1) is 11.7. The third-order valence-corrected chi connectivity index (χ3v) is 6.09. The van der Waals surface area contributed by atoms with Gasteiger partial charge < -0.3 is 5.73 Å². The number of hydrogen-bond donors (Lipinski definition) is 1. The van der Waals surface area contributed by atoms with Crippen LogP contribution in [0.15, 0.2) is 24.3 Å². The highest BCUT2D eigenvalue weighted by Gasteiger charge is 2.34. The Balaban J connectivity index is 1.63. The smallest absolute Gasteiger partial charge is 0.147 e. The molecule has 1 aliphatic carbocycles. The first-order valence-corrected chi connectivity index (χ1v) is 9.72. The summed E-state index contributed by atoms with van der Waals surface area (Å²) in [5, 5.41) is 0. The number of likely N-dealkylation sites (tertiary alicyclic amines) is 1. The van der Waals surface area contributed by atoms with Crippen LogP contribution >= 0.6 is 0 Å². The van der Waals surface area contributed by atoms with Crippen molar-refractivity contribution in [3.8, 4) is 0 Å². The molecule has 24 heavy (non-hydrogen) atoms. The predicted octanol–water partition coefficient (Wildman–Crippen LogP) is 3.86. The summed E-state index contributed by atoms with van der Waals surface area (Å²) in [5.74, 6) is 1.59. The number of nitrogens with zero attached hydrogens (tertiary/aromatic N) is 1. The minimum Gasteiger partial charge on any atom is -0.326 e. The van der Waals surface area contributed by atoms with Crippen molar-refractivity contribution in [1.82, 2.24) is 4.90 Å². The molecule has 1 atom stereocenters. The van der Waals surface area contributed by atoms with Crippen LogP contribution in [-0.2, 0) is 11.3 Å². The highest BCUT2D eigenvalue weighted by atomic mass is 16.1. The van der Waals surface area contributed by atoms with E-state index in [2.05, 4.69) is 29.2 Å². The van der Waals surface area contributed by atoms with E-state index in [-0.39, 0.29) is 6.04 Å². The first kappa shape index (κ1) is 17.6. The van der Waals surface area contributed by atoms with Gasteiger partial charge in [-0.2, -0.15) is 0 Å². The Morgan fingerprint density at radius 2 is 1.88 bits per heavy atom. The molecule has 0 aromatic heterocycles. The van der Waals surface area contributed by atoms with Gasteiger partial charge in [0.05, 0.1) is 6.04 Å². The van der Waals surface area contributed by atoms with Gasteiger partial charge in [0.15, 0.2) is 0 Å². The van der Waals surface area contributed by atoms with Gasteiger partial charge in [0.25, 0.3) is 0 Å². The summed E-state index contributed by atoms with van der Waals surface area (Å²) in [6.07, 6.45) is 8.74. The molecule has 1 saturated heterocycles. The maximum absolute atomic E-state index is 12.3. The Kier molecular flexibility index (Phi) is 6.07. The summed E-state index contributed by atoms with van der Waals surface area (Å²) < 4.78 is 0. The second kappa shape index (κ2) is 8.26. The summed E-state index contributed by atoms with van der Waals surface area (Å²) in [7, 11) is 0. The average molecular weight is 329 g/mol. The second-order valence-electron chi connectivity index (χ2n) is 7.71. The van der Waals surface area contributed by atoms with Gasteiger partial charge in [0.2, 0.25) is 0 Å². The standard InChI is InChI=1S/C21H32N2O/c1-16(24)21(19-7-3-2-4-8-19)23-12-10-18(11-13-23)20-9-5-6-17(14-20)15-22/h5-6,9,14,18-19,21H,2-4,7-8,10-13,15,22H2,1H3. The van der Waals surface area contributed by atoms with Crippen LogP contribution in [0, 0.1) is 5.92 Å². The van der Waals surface area contributed by atoms with Gasteiger partial charge in [-0.05, 0) is 68.7 Å². The van der Waals surface area contributed by atoms with Crippen molar-refractivity contribution in [2.24, 2.45) is 11.7 Å². The number of piperidine rings is 1. The zero-order chi connectivity index (χ0) is 16.9. The van der Waals surface area contributed by atoms with E-state index in [0.717, 1.165) is 25.9 Å². The number of hydrogen-bond acceptors (Lipinski definition) is 3. The number of Topliss-reactive ketones (excluding diaryl/α,β-unsaturated/α-hetero) is 1. The van der Waals surface area contributed by atoms with Gasteiger partial charge in [-0.15, -0.1) is 0 Å². The van der Waals surface area contributed by atoms with Crippen LogP contribution < -0.4 is 5.73 Å². The number of benzene rings is 1. The lowest BCUT2D eigenvalue weighted by molar-refractivity contribution is -0.125. The molecule has 0 amide bonds. The number of carbonyl (C=O) groups is 1. The van der Waals surface area contributed by atoms with E-state index in [9.17, 15) is 4.79 Å². The highest BCUT2D eigenvalue weighted by Crippen LogP contribution is 2.34. The zero-order valence-corrected chi connectivity index (χ0v) is 15.0. The van der Waals surface area contributed by atoms with E-state index in [4.69, 9.17) is 5.73 Å². The van der Waals surface area contributed by atoms with Gasteiger partial charge >= 0.3 is 0 Å². The Bertz CT molecular complexity index is 543. The fourth-order valence-corrected chi connectivity index (χ4v) is 4.82. The van der Waals surface area contributed by atoms with E-state index in [1.807, 2.05) is 0 Å². The molecule has 2 N–H and O–H groups in total. The van der Waals surface area contributed by atoms with Crippen LogP contribution in [0.1, 0.15) is 68.9 Å². The summed E-state index contributed by atoms with van der Waals surface area (Å²) in [4.78, 5) is 14.8. The molecule has 3 heteroatoms. The summed E-state index contributed by atoms with van der Waals surface area (Å²) in [6.45, 7) is 4.52. The van der Waals surface area contributed by atoms with E-state index < -0.39 is 0 Å². The van der Waals surface area contributed by atoms with Gasteiger partial charge in [-0.3, -0.25) is 9.69 Å². The molecule has 1 unspecified atom stereocenters. The molecule has 0 radical (unpaired) electrons. The summed E-state index contributed by atoms with van der Waals surface area (Å²) in [6, 6.07) is 8.91. The molecular formula is C21H32N2O. The SMILES string of the molecule is CC(=O)C(C1CCCCC1)N1CCC(c2cccc(CN)c2)CC1. The molecule has 3 rings (SSSR count). The summed E-state index contributed by atoms with van der Waals surface area (Å²) in [5.41, 5.74) is 8.43. The number of carbonyl (C=O) groups excluding carboxylic acids is 1. The number of ketones is 1. The molecule has 2 aliphatic rings. The molecule has 1 aliphatic heterocycles. The van der Waals surface area contributed by atoms with Crippen molar-refractivity contribution in [3.63, 3.8) is 0 Å². The molecular weight excluding hydrogens is 296 g/mol. The van der Waals surface area contributed by atoms with Crippen LogP contribution in [0.5, 0.6) is 0 Å². The van der Waals surface area contributed by atoms with Crippen LogP contribution in [-0.4, -0.2) is 29.8 Å². The minimum absolute atomic E-state index is 0.168. The number of nitrogens with two attached hydrogens (primary N) is 1. The van der Waals surface area contributed by atoms with Crippen molar-refractivity contribution >= 4 is 5.78 Å². The van der Waals surface area contributed by atoms with Crippen LogP contribution in [0.3, 0.4) is 0 Å². The Morgan fingerprint density at radius 1 is 1.17 bits per heavy atom. The lowest BCUT2D eigenvalue weighted by Gasteiger charge is -2.41. The zero-order valence-electron chi connectivity index (χ0n) is 15.0. The van der Waals surface area contributed by atoms with E-state index in [1.54, 1.807) is 6.92 Å². The molecule has 1 aromatic carbocycles. The molecule has 0 bridgehead atoms. The summed E-state index contributed by atoms with van der Waals surface area (Å²) >= 11 is 0. The lowest BCUT2D eigenvalue weighted by atomic mass is 9.80. The highest BCUT2D eigenvalue weighted by molar-refractivity contribution is 5.81. The van der Waals surface area contributed by atoms with Crippen LogP contribution in [0.2, 0.25) is 0 Å². The predicted molar refractivity (Wildman–Crippen MR) is 98.9 cm³/mol. The van der Waals surface area contributed by atoms with Crippen molar-refractivity contribution in [3.05, 3.63) is 35.4 Å². The third-order valence-electron chi connectivity index (χ3n) is 6.09.